The topological polar surface area (TPSA) is 44.9 Å². The highest BCUT2D eigenvalue weighted by Gasteiger charge is 2.09. The summed E-state index contributed by atoms with van der Waals surface area (Å²) in [6.45, 7) is 0.519. The van der Waals surface area contributed by atoms with Gasteiger partial charge in [0.05, 0.1) is 0 Å². The molecular formula is C17H15FN2O. The molecular weight excluding hydrogens is 267 g/mol. The van der Waals surface area contributed by atoms with Crippen LogP contribution in [0.5, 0.6) is 0 Å². The fourth-order valence-corrected chi connectivity index (χ4v) is 2.35. The number of carbonyl (C=O) groups is 1. The lowest BCUT2D eigenvalue weighted by atomic mass is 10.1. The molecule has 0 aliphatic rings. The Bertz CT molecular complexity index is 762. The van der Waals surface area contributed by atoms with Crippen molar-refractivity contribution in [1.82, 2.24) is 10.3 Å². The third-order valence-electron chi connectivity index (χ3n) is 3.45. The fraction of sp³-hybridized carbons (Fsp3) is 0.118. The summed E-state index contributed by atoms with van der Waals surface area (Å²) in [7, 11) is 0. The second-order valence-electron chi connectivity index (χ2n) is 4.88. The molecule has 0 unspecified atom stereocenters. The number of hydrogen-bond donors (Lipinski definition) is 2. The summed E-state index contributed by atoms with van der Waals surface area (Å²) >= 11 is 0. The second kappa shape index (κ2) is 5.79. The van der Waals surface area contributed by atoms with Crippen LogP contribution in [-0.4, -0.2) is 17.4 Å². The standard InChI is InChI=1S/C17H15FN2O/c18-13-6-4-12(5-7-13)8-10-20-17(21)15-2-1-3-16-14(15)9-11-19-16/h1-7,9,11,19H,8,10H2,(H,20,21). The number of aromatic nitrogens is 1. The minimum absolute atomic E-state index is 0.0951. The van der Waals surface area contributed by atoms with Crippen molar-refractivity contribution in [2.45, 2.75) is 6.42 Å². The van der Waals surface area contributed by atoms with Crippen LogP contribution in [0, 0.1) is 5.82 Å². The number of hydrogen-bond acceptors (Lipinski definition) is 1. The molecule has 3 rings (SSSR count). The first kappa shape index (κ1) is 13.4. The molecule has 0 fully saturated rings. The van der Waals surface area contributed by atoms with Crippen LogP contribution in [0.1, 0.15) is 15.9 Å². The molecule has 0 saturated carbocycles. The van der Waals surface area contributed by atoms with Crippen LogP contribution in [0.4, 0.5) is 4.39 Å². The van der Waals surface area contributed by atoms with Gasteiger partial charge in [0.25, 0.3) is 5.91 Å². The Hall–Kier alpha value is -2.62. The molecule has 0 aliphatic carbocycles. The van der Waals surface area contributed by atoms with Crippen molar-refractivity contribution in [1.29, 1.82) is 0 Å². The smallest absolute Gasteiger partial charge is 0.251 e. The highest BCUT2D eigenvalue weighted by molar-refractivity contribution is 6.06. The first-order valence-corrected chi connectivity index (χ1v) is 6.83. The summed E-state index contributed by atoms with van der Waals surface area (Å²) in [6, 6.07) is 13.8. The molecule has 0 aliphatic heterocycles. The molecule has 3 nitrogen and oxygen atoms in total. The first-order chi connectivity index (χ1) is 10.2. The van der Waals surface area contributed by atoms with E-state index in [2.05, 4.69) is 10.3 Å². The van der Waals surface area contributed by atoms with Gasteiger partial charge in [0.1, 0.15) is 5.82 Å². The van der Waals surface area contributed by atoms with Crippen molar-refractivity contribution < 1.29 is 9.18 Å². The fourth-order valence-electron chi connectivity index (χ4n) is 2.35. The van der Waals surface area contributed by atoms with Gasteiger partial charge in [-0.15, -0.1) is 0 Å². The third kappa shape index (κ3) is 2.94. The van der Waals surface area contributed by atoms with Gasteiger partial charge in [0.15, 0.2) is 0 Å². The normalized spacial score (nSPS) is 10.7. The van der Waals surface area contributed by atoms with E-state index in [4.69, 9.17) is 0 Å². The van der Waals surface area contributed by atoms with E-state index < -0.39 is 0 Å². The number of halogens is 1. The van der Waals surface area contributed by atoms with Crippen LogP contribution in [0.2, 0.25) is 0 Å². The molecule has 0 radical (unpaired) electrons. The number of H-pyrrole nitrogens is 1. The molecule has 4 heteroatoms. The van der Waals surface area contributed by atoms with Crippen molar-refractivity contribution in [3.05, 3.63) is 71.7 Å². The van der Waals surface area contributed by atoms with Gasteiger partial charge < -0.3 is 10.3 Å². The second-order valence-corrected chi connectivity index (χ2v) is 4.88. The van der Waals surface area contributed by atoms with E-state index >= 15 is 0 Å². The Labute approximate surface area is 121 Å². The third-order valence-corrected chi connectivity index (χ3v) is 3.45. The highest BCUT2D eigenvalue weighted by Crippen LogP contribution is 2.17. The van der Waals surface area contributed by atoms with Gasteiger partial charge >= 0.3 is 0 Å². The molecule has 2 aromatic carbocycles. The van der Waals surface area contributed by atoms with Crippen LogP contribution in [0.3, 0.4) is 0 Å². The van der Waals surface area contributed by atoms with Crippen LogP contribution >= 0.6 is 0 Å². The zero-order chi connectivity index (χ0) is 14.7. The van der Waals surface area contributed by atoms with Crippen molar-refractivity contribution in [2.75, 3.05) is 6.54 Å². The Morgan fingerprint density at radius 3 is 2.71 bits per heavy atom. The summed E-state index contributed by atoms with van der Waals surface area (Å²) in [5, 5.41) is 3.81. The van der Waals surface area contributed by atoms with Crippen LogP contribution in [-0.2, 0) is 6.42 Å². The van der Waals surface area contributed by atoms with E-state index in [1.165, 1.54) is 12.1 Å². The molecule has 0 bridgehead atoms. The minimum Gasteiger partial charge on any atom is -0.361 e. The lowest BCUT2D eigenvalue weighted by molar-refractivity contribution is 0.0956. The Morgan fingerprint density at radius 1 is 1.10 bits per heavy atom. The van der Waals surface area contributed by atoms with Crippen LogP contribution in [0.25, 0.3) is 10.9 Å². The largest absolute Gasteiger partial charge is 0.361 e. The van der Waals surface area contributed by atoms with Crippen molar-refractivity contribution in [3.8, 4) is 0 Å². The molecule has 0 atom stereocenters. The maximum absolute atomic E-state index is 12.8. The quantitative estimate of drug-likeness (QED) is 0.758. The average Bonchev–Trinajstić information content (AvgIpc) is 2.97. The van der Waals surface area contributed by atoms with Gasteiger partial charge in [-0.05, 0) is 42.3 Å². The van der Waals surface area contributed by atoms with Gasteiger partial charge in [-0.3, -0.25) is 4.79 Å². The van der Waals surface area contributed by atoms with Crippen LogP contribution in [0.15, 0.2) is 54.7 Å². The zero-order valence-corrected chi connectivity index (χ0v) is 11.4. The zero-order valence-electron chi connectivity index (χ0n) is 11.4. The van der Waals surface area contributed by atoms with E-state index in [1.54, 1.807) is 12.1 Å². The Morgan fingerprint density at radius 2 is 1.90 bits per heavy atom. The monoisotopic (exact) mass is 282 g/mol. The van der Waals surface area contributed by atoms with E-state index in [0.29, 0.717) is 18.5 Å². The predicted octanol–water partition coefficient (Wildman–Crippen LogP) is 3.28. The van der Waals surface area contributed by atoms with Gasteiger partial charge in [-0.1, -0.05) is 18.2 Å². The minimum atomic E-state index is -0.248. The number of fused-ring (bicyclic) bond motifs is 1. The molecule has 2 N–H and O–H groups in total. The van der Waals surface area contributed by atoms with Gasteiger partial charge in [-0.2, -0.15) is 0 Å². The molecule has 0 spiro atoms. The van der Waals surface area contributed by atoms with Crippen molar-refractivity contribution in [2.24, 2.45) is 0 Å². The van der Waals surface area contributed by atoms with E-state index in [1.807, 2.05) is 30.5 Å². The highest BCUT2D eigenvalue weighted by atomic mass is 19.1. The van der Waals surface area contributed by atoms with Crippen molar-refractivity contribution in [3.63, 3.8) is 0 Å². The molecule has 106 valence electrons. The molecule has 0 saturated heterocycles. The molecule has 1 amide bonds. The number of rotatable bonds is 4. The molecule has 1 aromatic heterocycles. The summed E-state index contributed by atoms with van der Waals surface area (Å²) in [5.41, 5.74) is 2.60. The molecule has 21 heavy (non-hydrogen) atoms. The maximum Gasteiger partial charge on any atom is 0.251 e. The van der Waals surface area contributed by atoms with E-state index in [9.17, 15) is 9.18 Å². The van der Waals surface area contributed by atoms with Crippen LogP contribution < -0.4 is 5.32 Å². The summed E-state index contributed by atoms with van der Waals surface area (Å²) in [5.74, 6) is -0.343. The lowest BCUT2D eigenvalue weighted by Gasteiger charge is -2.06. The predicted molar refractivity (Wildman–Crippen MR) is 80.7 cm³/mol. The number of nitrogens with one attached hydrogen (secondary N) is 2. The summed E-state index contributed by atoms with van der Waals surface area (Å²) < 4.78 is 12.8. The number of benzene rings is 2. The van der Waals surface area contributed by atoms with E-state index in [-0.39, 0.29) is 11.7 Å². The number of aromatic amines is 1. The van der Waals surface area contributed by atoms with Gasteiger partial charge in [0, 0.05) is 29.2 Å². The van der Waals surface area contributed by atoms with Gasteiger partial charge in [0.2, 0.25) is 0 Å². The van der Waals surface area contributed by atoms with Crippen molar-refractivity contribution >= 4 is 16.8 Å². The Kier molecular flexibility index (Phi) is 3.69. The number of amides is 1. The van der Waals surface area contributed by atoms with Gasteiger partial charge in [-0.25, -0.2) is 4.39 Å². The summed E-state index contributed by atoms with van der Waals surface area (Å²) in [6.07, 6.45) is 2.50. The lowest BCUT2D eigenvalue weighted by Crippen LogP contribution is -2.25. The Balaban J connectivity index is 1.64. The number of carbonyl (C=O) groups excluding carboxylic acids is 1. The molecule has 3 aromatic rings. The maximum atomic E-state index is 12.8. The summed E-state index contributed by atoms with van der Waals surface area (Å²) in [4.78, 5) is 15.3. The average molecular weight is 282 g/mol. The SMILES string of the molecule is O=C(NCCc1ccc(F)cc1)c1cccc2[nH]ccc12. The first-order valence-electron chi connectivity index (χ1n) is 6.83. The van der Waals surface area contributed by atoms with E-state index in [0.717, 1.165) is 16.5 Å². The molecule has 1 heterocycles.